The minimum absolute atomic E-state index is 0.324. The highest BCUT2D eigenvalue weighted by atomic mass is 16.4. The zero-order valence-electron chi connectivity index (χ0n) is 17.1. The molecule has 2 nitrogen and oxygen atoms in total. The average molecular weight is 363 g/mol. The van der Waals surface area contributed by atoms with E-state index in [1.54, 1.807) is 0 Å². The molecule has 0 aromatic heterocycles. The minimum Gasteiger partial charge on any atom is -0.481 e. The van der Waals surface area contributed by atoms with Crippen LogP contribution in [0.15, 0.2) is 36.5 Å². The van der Waals surface area contributed by atoms with Crippen molar-refractivity contribution in [2.75, 3.05) is 0 Å². The average Bonchev–Trinajstić information content (AvgIpc) is 2.62. The van der Waals surface area contributed by atoms with Crippen LogP contribution >= 0.6 is 0 Å². The molecule has 2 heteroatoms. The Labute approximate surface area is 162 Å². The van der Waals surface area contributed by atoms with Gasteiger partial charge in [-0.15, -0.1) is 0 Å². The Morgan fingerprint density at radius 3 is 1.54 bits per heavy atom. The number of hydrogen-bond donors (Lipinski definition) is 1. The first-order valence-electron chi connectivity index (χ1n) is 10.9. The van der Waals surface area contributed by atoms with Gasteiger partial charge in [0.25, 0.3) is 0 Å². The van der Waals surface area contributed by atoms with Crippen molar-refractivity contribution < 1.29 is 9.90 Å². The topological polar surface area (TPSA) is 37.3 Å². The summed E-state index contributed by atoms with van der Waals surface area (Å²) in [4.78, 5) is 10.4. The molecule has 0 bridgehead atoms. The summed E-state index contributed by atoms with van der Waals surface area (Å²) in [5.41, 5.74) is 0. The lowest BCUT2D eigenvalue weighted by Gasteiger charge is -1.99. The summed E-state index contributed by atoms with van der Waals surface area (Å²) >= 11 is 0. The maximum absolute atomic E-state index is 10.4. The molecule has 0 atom stereocenters. The standard InChI is InChI=1S/C24H42O2/c1-2-3-4-5-6-7-8-9-10-11-12-13-14-15-16-17-18-19-20-21-22-23-24(25)26/h8-9,11-12,14-15H,2-7,10,13,16-23H2,1H3,(H,25,26). The van der Waals surface area contributed by atoms with E-state index in [0.717, 1.165) is 25.7 Å². The maximum atomic E-state index is 10.4. The lowest BCUT2D eigenvalue weighted by molar-refractivity contribution is -0.137. The van der Waals surface area contributed by atoms with Gasteiger partial charge in [0, 0.05) is 6.42 Å². The Morgan fingerprint density at radius 1 is 0.615 bits per heavy atom. The molecule has 0 aromatic rings. The predicted octanol–water partition coefficient (Wildman–Crippen LogP) is 8.00. The summed E-state index contributed by atoms with van der Waals surface area (Å²) in [5, 5.41) is 8.56. The number of unbranched alkanes of at least 4 members (excludes halogenated alkanes) is 11. The Kier molecular flexibility index (Phi) is 20.6. The van der Waals surface area contributed by atoms with Gasteiger partial charge in [-0.2, -0.15) is 0 Å². The van der Waals surface area contributed by atoms with E-state index in [2.05, 4.69) is 43.4 Å². The van der Waals surface area contributed by atoms with E-state index in [1.807, 2.05) is 0 Å². The van der Waals surface area contributed by atoms with Crippen molar-refractivity contribution in [3.63, 3.8) is 0 Å². The van der Waals surface area contributed by atoms with Crippen molar-refractivity contribution in [1.29, 1.82) is 0 Å². The third kappa shape index (κ3) is 22.7. The third-order valence-corrected chi connectivity index (χ3v) is 4.53. The molecule has 0 saturated heterocycles. The fourth-order valence-corrected chi connectivity index (χ4v) is 2.89. The molecule has 26 heavy (non-hydrogen) atoms. The molecule has 150 valence electrons. The lowest BCUT2D eigenvalue weighted by atomic mass is 10.1. The summed E-state index contributed by atoms with van der Waals surface area (Å²) in [6, 6.07) is 0. The monoisotopic (exact) mass is 362 g/mol. The van der Waals surface area contributed by atoms with Gasteiger partial charge < -0.3 is 5.11 Å². The van der Waals surface area contributed by atoms with E-state index in [4.69, 9.17) is 5.11 Å². The van der Waals surface area contributed by atoms with E-state index >= 15 is 0 Å². The Morgan fingerprint density at radius 2 is 1.04 bits per heavy atom. The van der Waals surface area contributed by atoms with Crippen LogP contribution in [0.3, 0.4) is 0 Å². The predicted molar refractivity (Wildman–Crippen MR) is 115 cm³/mol. The molecule has 0 heterocycles. The van der Waals surface area contributed by atoms with Crippen LogP contribution in [0.5, 0.6) is 0 Å². The molecule has 0 aliphatic heterocycles. The Balaban J connectivity index is 3.26. The molecule has 0 rings (SSSR count). The van der Waals surface area contributed by atoms with Crippen molar-refractivity contribution in [2.24, 2.45) is 0 Å². The van der Waals surface area contributed by atoms with Crippen LogP contribution in [0.1, 0.15) is 110 Å². The zero-order valence-corrected chi connectivity index (χ0v) is 17.1. The zero-order chi connectivity index (χ0) is 19.1. The van der Waals surface area contributed by atoms with Crippen molar-refractivity contribution in [3.05, 3.63) is 36.5 Å². The van der Waals surface area contributed by atoms with Gasteiger partial charge >= 0.3 is 5.97 Å². The second-order valence-electron chi connectivity index (χ2n) is 7.14. The van der Waals surface area contributed by atoms with Crippen LogP contribution in [0, 0.1) is 0 Å². The summed E-state index contributed by atoms with van der Waals surface area (Å²) in [5.74, 6) is -0.669. The van der Waals surface area contributed by atoms with Crippen LogP contribution in [0.25, 0.3) is 0 Å². The van der Waals surface area contributed by atoms with Gasteiger partial charge in [0.05, 0.1) is 0 Å². The second kappa shape index (κ2) is 21.7. The molecule has 0 saturated carbocycles. The quantitative estimate of drug-likeness (QED) is 0.187. The van der Waals surface area contributed by atoms with E-state index in [0.29, 0.717) is 6.42 Å². The van der Waals surface area contributed by atoms with Crippen LogP contribution in [0.4, 0.5) is 0 Å². The molecule has 0 radical (unpaired) electrons. The largest absolute Gasteiger partial charge is 0.481 e. The highest BCUT2D eigenvalue weighted by molar-refractivity contribution is 5.66. The summed E-state index contributed by atoms with van der Waals surface area (Å²) < 4.78 is 0. The minimum atomic E-state index is -0.669. The summed E-state index contributed by atoms with van der Waals surface area (Å²) in [6.45, 7) is 2.26. The van der Waals surface area contributed by atoms with Gasteiger partial charge in [-0.3, -0.25) is 4.79 Å². The number of aliphatic carboxylic acids is 1. The van der Waals surface area contributed by atoms with Gasteiger partial charge in [0.15, 0.2) is 0 Å². The van der Waals surface area contributed by atoms with E-state index in [1.165, 1.54) is 70.6 Å². The fraction of sp³-hybridized carbons (Fsp3) is 0.708. The van der Waals surface area contributed by atoms with Crippen LogP contribution in [-0.4, -0.2) is 11.1 Å². The second-order valence-corrected chi connectivity index (χ2v) is 7.14. The van der Waals surface area contributed by atoms with Crippen LogP contribution in [-0.2, 0) is 4.79 Å². The number of hydrogen-bond acceptors (Lipinski definition) is 1. The number of carbonyl (C=O) groups is 1. The smallest absolute Gasteiger partial charge is 0.303 e. The third-order valence-electron chi connectivity index (χ3n) is 4.53. The van der Waals surface area contributed by atoms with Gasteiger partial charge in [-0.05, 0) is 44.9 Å². The molecule has 0 aliphatic rings. The molecule has 0 spiro atoms. The number of carboxylic acids is 1. The molecule has 0 aromatic carbocycles. The van der Waals surface area contributed by atoms with Crippen LogP contribution < -0.4 is 0 Å². The summed E-state index contributed by atoms with van der Waals surface area (Å²) in [6.07, 6.45) is 32.1. The van der Waals surface area contributed by atoms with Gasteiger partial charge in [-0.25, -0.2) is 0 Å². The number of allylic oxidation sites excluding steroid dienone is 6. The Hall–Kier alpha value is -1.31. The molecule has 0 amide bonds. The SMILES string of the molecule is CCCCCCCC=CCC=CCC=CCCCCCCCCC(=O)O. The first kappa shape index (κ1) is 24.7. The van der Waals surface area contributed by atoms with E-state index in [9.17, 15) is 4.79 Å². The molecule has 0 aliphatic carbocycles. The Bertz CT molecular complexity index is 380. The maximum Gasteiger partial charge on any atom is 0.303 e. The van der Waals surface area contributed by atoms with Gasteiger partial charge in [0.2, 0.25) is 0 Å². The molecule has 0 unspecified atom stereocenters. The number of rotatable bonds is 19. The first-order valence-corrected chi connectivity index (χ1v) is 10.9. The molecular weight excluding hydrogens is 320 g/mol. The van der Waals surface area contributed by atoms with Gasteiger partial charge in [-0.1, -0.05) is 94.7 Å². The fourth-order valence-electron chi connectivity index (χ4n) is 2.89. The van der Waals surface area contributed by atoms with E-state index in [-0.39, 0.29) is 0 Å². The van der Waals surface area contributed by atoms with Crippen molar-refractivity contribution in [1.82, 2.24) is 0 Å². The summed E-state index contributed by atoms with van der Waals surface area (Å²) in [7, 11) is 0. The van der Waals surface area contributed by atoms with Crippen molar-refractivity contribution in [3.8, 4) is 0 Å². The first-order chi connectivity index (χ1) is 12.8. The van der Waals surface area contributed by atoms with Gasteiger partial charge in [0.1, 0.15) is 0 Å². The molecular formula is C24H42O2. The normalized spacial score (nSPS) is 12.0. The van der Waals surface area contributed by atoms with Crippen LogP contribution in [0.2, 0.25) is 0 Å². The van der Waals surface area contributed by atoms with E-state index < -0.39 is 5.97 Å². The molecule has 1 N–H and O–H groups in total. The highest BCUT2D eigenvalue weighted by Gasteiger charge is 1.96. The highest BCUT2D eigenvalue weighted by Crippen LogP contribution is 2.09. The van der Waals surface area contributed by atoms with Crippen molar-refractivity contribution >= 4 is 5.97 Å². The molecule has 0 fully saturated rings. The number of carboxylic acid groups (broad SMARTS) is 1. The van der Waals surface area contributed by atoms with Crippen molar-refractivity contribution in [2.45, 2.75) is 110 Å². The lowest BCUT2D eigenvalue weighted by Crippen LogP contribution is -1.93.